The number of likely N-dealkylation sites (tertiary alicyclic amines) is 1. The Balaban J connectivity index is 1.37. The number of benzene rings is 2. The first-order valence-electron chi connectivity index (χ1n) is 9.89. The van der Waals surface area contributed by atoms with Crippen molar-refractivity contribution in [1.29, 1.82) is 0 Å². The van der Waals surface area contributed by atoms with Gasteiger partial charge in [0.15, 0.2) is 5.11 Å². The van der Waals surface area contributed by atoms with E-state index in [0.29, 0.717) is 23.0 Å². The van der Waals surface area contributed by atoms with Gasteiger partial charge < -0.3 is 15.5 Å². The SMILES string of the molecule is O=C(c1ccc(NC(=S)NCCSCc2ccccc2F)cc1)N1CCCCC1. The van der Waals surface area contributed by atoms with Crippen molar-refractivity contribution in [1.82, 2.24) is 10.2 Å². The van der Waals surface area contributed by atoms with Gasteiger partial charge in [0.25, 0.3) is 5.91 Å². The normalized spacial score (nSPS) is 13.8. The van der Waals surface area contributed by atoms with E-state index < -0.39 is 0 Å². The molecule has 7 heteroatoms. The smallest absolute Gasteiger partial charge is 0.253 e. The molecule has 1 aliphatic rings. The van der Waals surface area contributed by atoms with Crippen LogP contribution in [0.25, 0.3) is 0 Å². The standard InChI is InChI=1S/C22H26FN3OS2/c23-20-7-3-2-6-18(20)16-29-15-12-24-22(28)25-19-10-8-17(9-11-19)21(27)26-13-4-1-5-14-26/h2-3,6-11H,1,4-5,12-16H2,(H2,24,25,28). The minimum absolute atomic E-state index is 0.101. The Morgan fingerprint density at radius 1 is 1.07 bits per heavy atom. The molecule has 1 aliphatic heterocycles. The van der Waals surface area contributed by atoms with Crippen LogP contribution in [0.1, 0.15) is 35.2 Å². The molecule has 2 aromatic carbocycles. The van der Waals surface area contributed by atoms with Crippen molar-refractivity contribution in [2.45, 2.75) is 25.0 Å². The summed E-state index contributed by atoms with van der Waals surface area (Å²) < 4.78 is 13.6. The lowest BCUT2D eigenvalue weighted by Crippen LogP contribution is -2.35. The predicted octanol–water partition coefficient (Wildman–Crippen LogP) is 4.67. The van der Waals surface area contributed by atoms with Crippen LogP contribution in [0.5, 0.6) is 0 Å². The van der Waals surface area contributed by atoms with E-state index in [1.807, 2.05) is 41.3 Å². The maximum Gasteiger partial charge on any atom is 0.253 e. The first kappa shape index (κ1) is 21.6. The molecule has 0 spiro atoms. The molecule has 1 heterocycles. The fourth-order valence-corrected chi connectivity index (χ4v) is 4.25. The molecule has 0 radical (unpaired) electrons. The summed E-state index contributed by atoms with van der Waals surface area (Å²) in [5.74, 6) is 1.40. The molecule has 2 N–H and O–H groups in total. The molecule has 1 fully saturated rings. The van der Waals surface area contributed by atoms with Gasteiger partial charge >= 0.3 is 0 Å². The topological polar surface area (TPSA) is 44.4 Å². The van der Waals surface area contributed by atoms with E-state index in [9.17, 15) is 9.18 Å². The number of halogens is 1. The first-order valence-corrected chi connectivity index (χ1v) is 11.4. The molecule has 0 unspecified atom stereocenters. The Hall–Kier alpha value is -2.12. The molecular formula is C22H26FN3OS2. The molecular weight excluding hydrogens is 405 g/mol. The lowest BCUT2D eigenvalue weighted by molar-refractivity contribution is 0.0724. The zero-order valence-corrected chi connectivity index (χ0v) is 18.0. The van der Waals surface area contributed by atoms with Crippen LogP contribution >= 0.6 is 24.0 Å². The van der Waals surface area contributed by atoms with Crippen molar-refractivity contribution < 1.29 is 9.18 Å². The molecule has 4 nitrogen and oxygen atoms in total. The Bertz CT molecular complexity index is 823. The molecule has 2 aromatic rings. The number of carbonyl (C=O) groups is 1. The third-order valence-electron chi connectivity index (χ3n) is 4.78. The Kier molecular flexibility index (Phi) is 8.31. The number of amides is 1. The molecule has 0 atom stereocenters. The molecule has 0 bridgehead atoms. The number of nitrogens with zero attached hydrogens (tertiary/aromatic N) is 1. The van der Waals surface area contributed by atoms with Gasteiger partial charge in [-0.2, -0.15) is 11.8 Å². The minimum atomic E-state index is -0.160. The second-order valence-corrected chi connectivity index (χ2v) is 8.47. The van der Waals surface area contributed by atoms with Gasteiger partial charge in [-0.05, 0) is 67.4 Å². The number of hydrogen-bond donors (Lipinski definition) is 2. The van der Waals surface area contributed by atoms with E-state index in [-0.39, 0.29) is 11.7 Å². The Labute approximate surface area is 181 Å². The summed E-state index contributed by atoms with van der Waals surface area (Å²) in [7, 11) is 0. The van der Waals surface area contributed by atoms with Crippen LogP contribution in [0.3, 0.4) is 0 Å². The summed E-state index contributed by atoms with van der Waals surface area (Å²) in [6, 6.07) is 14.3. The van der Waals surface area contributed by atoms with Crippen LogP contribution in [-0.2, 0) is 5.75 Å². The van der Waals surface area contributed by atoms with Crippen LogP contribution in [0.2, 0.25) is 0 Å². The maximum absolute atomic E-state index is 13.6. The minimum Gasteiger partial charge on any atom is -0.362 e. The van der Waals surface area contributed by atoms with Crippen molar-refractivity contribution in [2.24, 2.45) is 0 Å². The van der Waals surface area contributed by atoms with Crippen LogP contribution in [-0.4, -0.2) is 41.3 Å². The van der Waals surface area contributed by atoms with Gasteiger partial charge in [-0.1, -0.05) is 18.2 Å². The summed E-state index contributed by atoms with van der Waals surface area (Å²) in [4.78, 5) is 14.4. The lowest BCUT2D eigenvalue weighted by Gasteiger charge is -2.26. The molecule has 154 valence electrons. The van der Waals surface area contributed by atoms with Gasteiger partial charge in [0.1, 0.15) is 5.82 Å². The van der Waals surface area contributed by atoms with Gasteiger partial charge in [-0.3, -0.25) is 4.79 Å². The number of rotatable bonds is 7. The molecule has 0 aromatic heterocycles. The van der Waals surface area contributed by atoms with Crippen molar-refractivity contribution in [3.8, 4) is 0 Å². The third kappa shape index (κ3) is 6.72. The van der Waals surface area contributed by atoms with Gasteiger partial charge in [0.2, 0.25) is 0 Å². The van der Waals surface area contributed by atoms with E-state index in [1.54, 1.807) is 17.8 Å². The van der Waals surface area contributed by atoms with Gasteiger partial charge in [0.05, 0.1) is 0 Å². The summed E-state index contributed by atoms with van der Waals surface area (Å²) in [6.07, 6.45) is 3.38. The molecule has 0 aliphatic carbocycles. The Morgan fingerprint density at radius 3 is 2.52 bits per heavy atom. The number of piperidine rings is 1. The van der Waals surface area contributed by atoms with Crippen LogP contribution in [0.4, 0.5) is 10.1 Å². The Morgan fingerprint density at radius 2 is 1.79 bits per heavy atom. The summed E-state index contributed by atoms with van der Waals surface area (Å²) >= 11 is 6.98. The maximum atomic E-state index is 13.6. The fourth-order valence-electron chi connectivity index (χ4n) is 3.19. The van der Waals surface area contributed by atoms with Crippen molar-refractivity contribution in [2.75, 3.05) is 30.7 Å². The fraction of sp³-hybridized carbons (Fsp3) is 0.364. The highest BCUT2D eigenvalue weighted by molar-refractivity contribution is 7.98. The molecule has 3 rings (SSSR count). The quantitative estimate of drug-likeness (QED) is 0.493. The monoisotopic (exact) mass is 431 g/mol. The second-order valence-electron chi connectivity index (χ2n) is 6.96. The number of anilines is 1. The van der Waals surface area contributed by atoms with E-state index in [0.717, 1.165) is 42.9 Å². The first-order chi connectivity index (χ1) is 14.1. The zero-order chi connectivity index (χ0) is 20.5. The predicted molar refractivity (Wildman–Crippen MR) is 123 cm³/mol. The van der Waals surface area contributed by atoms with Gasteiger partial charge in [0, 0.05) is 42.4 Å². The van der Waals surface area contributed by atoms with Crippen molar-refractivity contribution in [3.05, 3.63) is 65.5 Å². The highest BCUT2D eigenvalue weighted by Crippen LogP contribution is 2.16. The average Bonchev–Trinajstić information content (AvgIpc) is 2.75. The third-order valence-corrected chi connectivity index (χ3v) is 6.03. The van der Waals surface area contributed by atoms with Gasteiger partial charge in [-0.25, -0.2) is 4.39 Å². The van der Waals surface area contributed by atoms with Crippen LogP contribution in [0.15, 0.2) is 48.5 Å². The van der Waals surface area contributed by atoms with Crippen LogP contribution < -0.4 is 10.6 Å². The van der Waals surface area contributed by atoms with Crippen molar-refractivity contribution >= 4 is 40.7 Å². The highest BCUT2D eigenvalue weighted by Gasteiger charge is 2.17. The van der Waals surface area contributed by atoms with E-state index in [2.05, 4.69) is 10.6 Å². The summed E-state index contributed by atoms with van der Waals surface area (Å²) in [5, 5.41) is 6.82. The largest absolute Gasteiger partial charge is 0.362 e. The number of hydrogen-bond acceptors (Lipinski definition) is 3. The second kappa shape index (κ2) is 11.2. The molecule has 29 heavy (non-hydrogen) atoms. The summed E-state index contributed by atoms with van der Waals surface area (Å²) in [6.45, 7) is 2.39. The zero-order valence-electron chi connectivity index (χ0n) is 16.3. The lowest BCUT2D eigenvalue weighted by atomic mass is 10.1. The number of nitrogens with one attached hydrogen (secondary N) is 2. The highest BCUT2D eigenvalue weighted by atomic mass is 32.2. The van der Waals surface area contributed by atoms with Crippen LogP contribution in [0, 0.1) is 5.82 Å². The molecule has 1 saturated heterocycles. The number of thioether (sulfide) groups is 1. The van der Waals surface area contributed by atoms with Crippen molar-refractivity contribution in [3.63, 3.8) is 0 Å². The number of thiocarbonyl (C=S) groups is 1. The number of carbonyl (C=O) groups excluding carboxylic acids is 1. The van der Waals surface area contributed by atoms with Gasteiger partial charge in [-0.15, -0.1) is 0 Å². The average molecular weight is 432 g/mol. The summed E-state index contributed by atoms with van der Waals surface area (Å²) in [5.41, 5.74) is 2.27. The van der Waals surface area contributed by atoms with E-state index >= 15 is 0 Å². The van der Waals surface area contributed by atoms with E-state index in [4.69, 9.17) is 12.2 Å². The van der Waals surface area contributed by atoms with E-state index in [1.165, 1.54) is 12.5 Å². The molecule has 0 saturated carbocycles. The molecule has 1 amide bonds.